The van der Waals surface area contributed by atoms with E-state index in [1.54, 1.807) is 11.3 Å². The number of nitrogens with zero attached hydrogens (tertiary/aromatic N) is 2. The summed E-state index contributed by atoms with van der Waals surface area (Å²) in [6, 6.07) is 10.6. The second-order valence-electron chi connectivity index (χ2n) is 4.64. The molecule has 2 rings (SSSR count). The molecule has 96 valence electrons. The van der Waals surface area contributed by atoms with Crippen molar-refractivity contribution in [2.24, 2.45) is 0 Å². The molecular weight excluding hydrogens is 240 g/mol. The SMILES string of the molecule is CCCc1nc(CN(C)Cc2ccccc2)cs1. The topological polar surface area (TPSA) is 16.1 Å². The van der Waals surface area contributed by atoms with Crippen molar-refractivity contribution in [3.05, 3.63) is 52.0 Å². The summed E-state index contributed by atoms with van der Waals surface area (Å²) in [4.78, 5) is 6.96. The molecule has 0 fully saturated rings. The van der Waals surface area contributed by atoms with Gasteiger partial charge in [0.15, 0.2) is 0 Å². The van der Waals surface area contributed by atoms with E-state index in [0.717, 1.165) is 19.5 Å². The minimum absolute atomic E-state index is 0.926. The van der Waals surface area contributed by atoms with Gasteiger partial charge in [0.05, 0.1) is 10.7 Å². The largest absolute Gasteiger partial charge is 0.296 e. The van der Waals surface area contributed by atoms with Gasteiger partial charge in [0.2, 0.25) is 0 Å². The maximum Gasteiger partial charge on any atom is 0.0928 e. The van der Waals surface area contributed by atoms with E-state index in [9.17, 15) is 0 Å². The Balaban J connectivity index is 1.88. The van der Waals surface area contributed by atoms with Gasteiger partial charge in [0.1, 0.15) is 0 Å². The third kappa shape index (κ3) is 3.93. The van der Waals surface area contributed by atoms with Crippen LogP contribution in [0.25, 0.3) is 0 Å². The quantitative estimate of drug-likeness (QED) is 0.787. The molecule has 0 amide bonds. The number of aromatic nitrogens is 1. The van der Waals surface area contributed by atoms with Crippen LogP contribution in [0.15, 0.2) is 35.7 Å². The van der Waals surface area contributed by atoms with Crippen LogP contribution in [-0.2, 0) is 19.5 Å². The molecule has 0 N–H and O–H groups in total. The smallest absolute Gasteiger partial charge is 0.0928 e. The Bertz CT molecular complexity index is 464. The van der Waals surface area contributed by atoms with Gasteiger partial charge in [0, 0.05) is 18.5 Å². The van der Waals surface area contributed by atoms with Gasteiger partial charge in [-0.15, -0.1) is 11.3 Å². The van der Waals surface area contributed by atoms with Crippen molar-refractivity contribution in [1.82, 2.24) is 9.88 Å². The lowest BCUT2D eigenvalue weighted by molar-refractivity contribution is 0.315. The molecule has 1 aromatic heterocycles. The highest BCUT2D eigenvalue weighted by molar-refractivity contribution is 7.09. The van der Waals surface area contributed by atoms with Crippen molar-refractivity contribution in [3.63, 3.8) is 0 Å². The first-order valence-corrected chi connectivity index (χ1v) is 7.31. The van der Waals surface area contributed by atoms with Crippen molar-refractivity contribution < 1.29 is 0 Å². The molecule has 0 unspecified atom stereocenters. The molecule has 0 saturated heterocycles. The Morgan fingerprint density at radius 2 is 1.94 bits per heavy atom. The van der Waals surface area contributed by atoms with Crippen LogP contribution < -0.4 is 0 Å². The van der Waals surface area contributed by atoms with E-state index in [0.29, 0.717) is 0 Å². The molecular formula is C15H20N2S. The molecule has 0 atom stereocenters. The van der Waals surface area contributed by atoms with E-state index in [1.165, 1.54) is 22.7 Å². The highest BCUT2D eigenvalue weighted by Crippen LogP contribution is 2.14. The fourth-order valence-electron chi connectivity index (χ4n) is 1.98. The summed E-state index contributed by atoms with van der Waals surface area (Å²) in [7, 11) is 2.14. The molecule has 1 heterocycles. The van der Waals surface area contributed by atoms with Crippen LogP contribution in [0.4, 0.5) is 0 Å². The predicted octanol–water partition coefficient (Wildman–Crippen LogP) is 3.73. The van der Waals surface area contributed by atoms with Gasteiger partial charge < -0.3 is 0 Å². The highest BCUT2D eigenvalue weighted by Gasteiger charge is 2.05. The summed E-state index contributed by atoms with van der Waals surface area (Å²) >= 11 is 1.78. The minimum atomic E-state index is 0.926. The molecule has 0 spiro atoms. The second kappa shape index (κ2) is 6.66. The van der Waals surface area contributed by atoms with Gasteiger partial charge in [-0.25, -0.2) is 4.98 Å². The van der Waals surface area contributed by atoms with Crippen LogP contribution in [0.5, 0.6) is 0 Å². The number of aryl methyl sites for hydroxylation is 1. The van der Waals surface area contributed by atoms with Gasteiger partial charge in [-0.2, -0.15) is 0 Å². The van der Waals surface area contributed by atoms with E-state index in [2.05, 4.69) is 59.6 Å². The van der Waals surface area contributed by atoms with Crippen LogP contribution in [-0.4, -0.2) is 16.9 Å². The average Bonchev–Trinajstić information content (AvgIpc) is 2.78. The summed E-state index contributed by atoms with van der Waals surface area (Å²) in [5, 5.41) is 3.45. The first kappa shape index (κ1) is 13.2. The molecule has 0 radical (unpaired) electrons. The molecule has 0 bridgehead atoms. The fourth-order valence-corrected chi connectivity index (χ4v) is 2.87. The van der Waals surface area contributed by atoms with Crippen LogP contribution in [0.2, 0.25) is 0 Å². The molecule has 0 saturated carbocycles. The van der Waals surface area contributed by atoms with Gasteiger partial charge >= 0.3 is 0 Å². The monoisotopic (exact) mass is 260 g/mol. The summed E-state index contributed by atoms with van der Waals surface area (Å²) in [6.07, 6.45) is 2.28. The number of benzene rings is 1. The second-order valence-corrected chi connectivity index (χ2v) is 5.58. The maximum atomic E-state index is 4.66. The molecule has 0 aliphatic heterocycles. The van der Waals surface area contributed by atoms with Crippen LogP contribution in [0, 0.1) is 0 Å². The molecule has 0 aliphatic rings. The van der Waals surface area contributed by atoms with E-state index >= 15 is 0 Å². The van der Waals surface area contributed by atoms with Crippen molar-refractivity contribution in [2.75, 3.05) is 7.05 Å². The Labute approximate surface area is 113 Å². The fraction of sp³-hybridized carbons (Fsp3) is 0.400. The standard InChI is InChI=1S/C15H20N2S/c1-3-7-15-16-14(12-18-15)11-17(2)10-13-8-5-4-6-9-13/h4-6,8-9,12H,3,7,10-11H2,1-2H3. The zero-order valence-electron chi connectivity index (χ0n) is 11.1. The summed E-state index contributed by atoms with van der Waals surface area (Å²) in [5.74, 6) is 0. The molecule has 2 aromatic rings. The lowest BCUT2D eigenvalue weighted by Crippen LogP contribution is -2.17. The van der Waals surface area contributed by atoms with Crippen molar-refractivity contribution >= 4 is 11.3 Å². The normalized spacial score (nSPS) is 11.1. The summed E-state index contributed by atoms with van der Waals surface area (Å²) in [6.45, 7) is 4.10. The van der Waals surface area contributed by atoms with Crippen molar-refractivity contribution in [3.8, 4) is 0 Å². The first-order chi connectivity index (χ1) is 8.78. The Morgan fingerprint density at radius 1 is 1.17 bits per heavy atom. The van der Waals surface area contributed by atoms with Crippen LogP contribution in [0.3, 0.4) is 0 Å². The Morgan fingerprint density at radius 3 is 2.67 bits per heavy atom. The number of thiazole rings is 1. The van der Waals surface area contributed by atoms with Crippen LogP contribution >= 0.6 is 11.3 Å². The lowest BCUT2D eigenvalue weighted by atomic mass is 10.2. The van der Waals surface area contributed by atoms with Gasteiger partial charge in [-0.05, 0) is 25.5 Å². The Hall–Kier alpha value is -1.19. The molecule has 1 aromatic carbocycles. The van der Waals surface area contributed by atoms with E-state index in [1.807, 2.05) is 0 Å². The number of hydrogen-bond donors (Lipinski definition) is 0. The number of rotatable bonds is 6. The third-order valence-electron chi connectivity index (χ3n) is 2.79. The van der Waals surface area contributed by atoms with Crippen molar-refractivity contribution in [2.45, 2.75) is 32.9 Å². The van der Waals surface area contributed by atoms with E-state index < -0.39 is 0 Å². The molecule has 0 aliphatic carbocycles. The third-order valence-corrected chi connectivity index (χ3v) is 3.75. The van der Waals surface area contributed by atoms with E-state index in [4.69, 9.17) is 0 Å². The van der Waals surface area contributed by atoms with Crippen LogP contribution in [0.1, 0.15) is 29.6 Å². The lowest BCUT2D eigenvalue weighted by Gasteiger charge is -2.15. The van der Waals surface area contributed by atoms with Gasteiger partial charge in [-0.3, -0.25) is 4.90 Å². The van der Waals surface area contributed by atoms with Gasteiger partial charge in [-0.1, -0.05) is 37.3 Å². The minimum Gasteiger partial charge on any atom is -0.296 e. The number of hydrogen-bond acceptors (Lipinski definition) is 3. The summed E-state index contributed by atoms with van der Waals surface area (Å²) in [5.41, 5.74) is 2.55. The van der Waals surface area contributed by atoms with Gasteiger partial charge in [0.25, 0.3) is 0 Å². The molecule has 3 heteroatoms. The van der Waals surface area contributed by atoms with E-state index in [-0.39, 0.29) is 0 Å². The maximum absolute atomic E-state index is 4.66. The Kier molecular flexibility index (Phi) is 4.90. The molecule has 18 heavy (non-hydrogen) atoms. The zero-order valence-corrected chi connectivity index (χ0v) is 11.9. The predicted molar refractivity (Wildman–Crippen MR) is 77.7 cm³/mol. The summed E-state index contributed by atoms with van der Waals surface area (Å²) < 4.78 is 0. The zero-order chi connectivity index (χ0) is 12.8. The first-order valence-electron chi connectivity index (χ1n) is 6.43. The molecule has 2 nitrogen and oxygen atoms in total. The average molecular weight is 260 g/mol. The highest BCUT2D eigenvalue weighted by atomic mass is 32.1. The van der Waals surface area contributed by atoms with Crippen molar-refractivity contribution in [1.29, 1.82) is 0 Å².